The van der Waals surface area contributed by atoms with Crippen LogP contribution in [0.1, 0.15) is 44.2 Å². The number of aryl methyl sites for hydroxylation is 1. The minimum Gasteiger partial charge on any atom is -0.329 e. The van der Waals surface area contributed by atoms with Crippen molar-refractivity contribution in [1.29, 1.82) is 0 Å². The Morgan fingerprint density at radius 3 is 2.26 bits per heavy atom. The molecule has 2 rings (SSSR count). The van der Waals surface area contributed by atoms with Gasteiger partial charge in [-0.25, -0.2) is 0 Å². The Bertz CT molecular complexity index is 421. The molecule has 0 saturated heterocycles. The van der Waals surface area contributed by atoms with Crippen molar-refractivity contribution in [2.24, 2.45) is 11.1 Å². The van der Waals surface area contributed by atoms with Crippen molar-refractivity contribution in [1.82, 2.24) is 4.90 Å². The van der Waals surface area contributed by atoms with Crippen LogP contribution in [0.4, 0.5) is 0 Å². The molecule has 0 bridgehead atoms. The third-order valence-corrected chi connectivity index (χ3v) is 4.80. The highest BCUT2D eigenvalue weighted by atomic mass is 15.2. The molecule has 1 aliphatic rings. The van der Waals surface area contributed by atoms with Crippen molar-refractivity contribution in [2.45, 2.75) is 52.1 Å². The second-order valence-corrected chi connectivity index (χ2v) is 7.11. The summed E-state index contributed by atoms with van der Waals surface area (Å²) in [5.74, 6) is 0. The van der Waals surface area contributed by atoms with E-state index in [0.29, 0.717) is 5.41 Å². The average Bonchev–Trinajstić information content (AvgIpc) is 2.69. The standard InChI is InChI=1S/C17H28N2/c1-14-5-7-15(8-6-14)11-19(4)17(13-18)10-9-16(2,3)12-17/h5-8H,9-13,18H2,1-4H3. The molecule has 19 heavy (non-hydrogen) atoms. The molecular weight excluding hydrogens is 232 g/mol. The van der Waals surface area contributed by atoms with Crippen LogP contribution >= 0.6 is 0 Å². The fraction of sp³-hybridized carbons (Fsp3) is 0.647. The van der Waals surface area contributed by atoms with Crippen LogP contribution in [-0.4, -0.2) is 24.0 Å². The minimum atomic E-state index is 0.189. The zero-order chi connectivity index (χ0) is 14.1. The highest BCUT2D eigenvalue weighted by molar-refractivity contribution is 5.21. The quantitative estimate of drug-likeness (QED) is 0.899. The van der Waals surface area contributed by atoms with Crippen molar-refractivity contribution >= 4 is 0 Å². The van der Waals surface area contributed by atoms with Gasteiger partial charge in [0.05, 0.1) is 0 Å². The summed E-state index contributed by atoms with van der Waals surface area (Å²) in [5.41, 5.74) is 9.45. The molecule has 1 fully saturated rings. The topological polar surface area (TPSA) is 29.3 Å². The van der Waals surface area contributed by atoms with Crippen LogP contribution in [0.25, 0.3) is 0 Å². The van der Waals surface area contributed by atoms with E-state index in [-0.39, 0.29) is 5.54 Å². The van der Waals surface area contributed by atoms with Gasteiger partial charge in [0.25, 0.3) is 0 Å². The van der Waals surface area contributed by atoms with E-state index in [1.165, 1.54) is 30.4 Å². The Morgan fingerprint density at radius 1 is 1.16 bits per heavy atom. The lowest BCUT2D eigenvalue weighted by Gasteiger charge is -2.39. The van der Waals surface area contributed by atoms with Gasteiger partial charge in [-0.15, -0.1) is 0 Å². The van der Waals surface area contributed by atoms with E-state index in [2.05, 4.69) is 57.0 Å². The summed E-state index contributed by atoms with van der Waals surface area (Å²) in [6.45, 7) is 8.62. The van der Waals surface area contributed by atoms with Crippen LogP contribution < -0.4 is 5.73 Å². The predicted molar refractivity (Wildman–Crippen MR) is 82.1 cm³/mol. The number of nitrogens with zero attached hydrogens (tertiary/aromatic N) is 1. The summed E-state index contributed by atoms with van der Waals surface area (Å²) in [7, 11) is 2.23. The summed E-state index contributed by atoms with van der Waals surface area (Å²) in [5, 5.41) is 0. The number of nitrogens with two attached hydrogens (primary N) is 1. The van der Waals surface area contributed by atoms with Gasteiger partial charge in [0, 0.05) is 18.6 Å². The van der Waals surface area contributed by atoms with Crippen LogP contribution in [-0.2, 0) is 6.54 Å². The minimum absolute atomic E-state index is 0.189. The molecule has 1 aromatic carbocycles. The van der Waals surface area contributed by atoms with Crippen LogP contribution in [0.5, 0.6) is 0 Å². The highest BCUT2D eigenvalue weighted by Crippen LogP contribution is 2.46. The van der Waals surface area contributed by atoms with Crippen LogP contribution in [0.3, 0.4) is 0 Å². The van der Waals surface area contributed by atoms with Crippen molar-refractivity contribution in [3.8, 4) is 0 Å². The van der Waals surface area contributed by atoms with E-state index >= 15 is 0 Å². The van der Waals surface area contributed by atoms with Gasteiger partial charge in [-0.2, -0.15) is 0 Å². The summed E-state index contributed by atoms with van der Waals surface area (Å²) in [4.78, 5) is 2.48. The first-order valence-corrected chi connectivity index (χ1v) is 7.34. The van der Waals surface area contributed by atoms with Crippen molar-refractivity contribution in [3.05, 3.63) is 35.4 Å². The number of benzene rings is 1. The van der Waals surface area contributed by atoms with Crippen LogP contribution in [0.2, 0.25) is 0 Å². The van der Waals surface area contributed by atoms with Gasteiger partial charge < -0.3 is 5.73 Å². The monoisotopic (exact) mass is 260 g/mol. The van der Waals surface area contributed by atoms with E-state index in [4.69, 9.17) is 5.73 Å². The zero-order valence-corrected chi connectivity index (χ0v) is 12.9. The molecule has 0 aliphatic heterocycles. The number of likely N-dealkylation sites (N-methyl/N-ethyl adjacent to an activating group) is 1. The third kappa shape index (κ3) is 3.18. The maximum Gasteiger partial charge on any atom is 0.0337 e. The molecular formula is C17H28N2. The first kappa shape index (κ1) is 14.5. The average molecular weight is 260 g/mol. The summed E-state index contributed by atoms with van der Waals surface area (Å²) in [6.07, 6.45) is 3.71. The molecule has 2 heteroatoms. The molecule has 1 atom stereocenters. The lowest BCUT2D eigenvalue weighted by atomic mass is 9.86. The van der Waals surface area contributed by atoms with Gasteiger partial charge in [-0.1, -0.05) is 43.7 Å². The molecule has 0 heterocycles. The van der Waals surface area contributed by atoms with E-state index < -0.39 is 0 Å². The Kier molecular flexibility index (Phi) is 4.03. The molecule has 0 radical (unpaired) electrons. The lowest BCUT2D eigenvalue weighted by Crippen LogP contribution is -2.50. The fourth-order valence-corrected chi connectivity index (χ4v) is 3.43. The fourth-order valence-electron chi connectivity index (χ4n) is 3.43. The number of hydrogen-bond acceptors (Lipinski definition) is 2. The predicted octanol–water partition coefficient (Wildman–Crippen LogP) is 3.33. The van der Waals surface area contributed by atoms with Gasteiger partial charge >= 0.3 is 0 Å². The first-order chi connectivity index (χ1) is 8.87. The Morgan fingerprint density at radius 2 is 1.79 bits per heavy atom. The van der Waals surface area contributed by atoms with Crippen molar-refractivity contribution in [3.63, 3.8) is 0 Å². The molecule has 1 unspecified atom stereocenters. The summed E-state index contributed by atoms with van der Waals surface area (Å²) < 4.78 is 0. The van der Waals surface area contributed by atoms with Crippen LogP contribution in [0, 0.1) is 12.3 Å². The molecule has 1 aromatic rings. The van der Waals surface area contributed by atoms with E-state index in [1.807, 2.05) is 0 Å². The molecule has 0 spiro atoms. The van der Waals surface area contributed by atoms with E-state index in [1.54, 1.807) is 0 Å². The van der Waals surface area contributed by atoms with Crippen molar-refractivity contribution in [2.75, 3.05) is 13.6 Å². The molecule has 1 saturated carbocycles. The molecule has 106 valence electrons. The maximum atomic E-state index is 6.13. The second-order valence-electron chi connectivity index (χ2n) is 7.11. The molecule has 0 amide bonds. The molecule has 1 aliphatic carbocycles. The van der Waals surface area contributed by atoms with E-state index in [0.717, 1.165) is 13.1 Å². The van der Waals surface area contributed by atoms with E-state index in [9.17, 15) is 0 Å². The lowest BCUT2D eigenvalue weighted by molar-refractivity contribution is 0.111. The van der Waals surface area contributed by atoms with Gasteiger partial charge in [0.1, 0.15) is 0 Å². The normalized spacial score (nSPS) is 26.0. The number of rotatable bonds is 4. The van der Waals surface area contributed by atoms with Gasteiger partial charge in [0.2, 0.25) is 0 Å². The van der Waals surface area contributed by atoms with Crippen molar-refractivity contribution < 1.29 is 0 Å². The smallest absolute Gasteiger partial charge is 0.0337 e. The first-order valence-electron chi connectivity index (χ1n) is 7.34. The van der Waals surface area contributed by atoms with Gasteiger partial charge in [-0.05, 0) is 44.2 Å². The Balaban J connectivity index is 2.09. The second kappa shape index (κ2) is 5.26. The molecule has 0 aromatic heterocycles. The van der Waals surface area contributed by atoms with Crippen LogP contribution in [0.15, 0.2) is 24.3 Å². The number of hydrogen-bond donors (Lipinski definition) is 1. The molecule has 2 nitrogen and oxygen atoms in total. The van der Waals surface area contributed by atoms with Gasteiger partial charge in [0.15, 0.2) is 0 Å². The third-order valence-electron chi connectivity index (χ3n) is 4.80. The largest absolute Gasteiger partial charge is 0.329 e. The summed E-state index contributed by atoms with van der Waals surface area (Å²) in [6, 6.07) is 8.85. The SMILES string of the molecule is Cc1ccc(CN(C)C2(CN)CCC(C)(C)C2)cc1. The Labute approximate surface area is 118 Å². The highest BCUT2D eigenvalue weighted by Gasteiger charge is 2.44. The Hall–Kier alpha value is -0.860. The maximum absolute atomic E-state index is 6.13. The summed E-state index contributed by atoms with van der Waals surface area (Å²) >= 11 is 0. The zero-order valence-electron chi connectivity index (χ0n) is 12.9. The van der Waals surface area contributed by atoms with Gasteiger partial charge in [-0.3, -0.25) is 4.90 Å². The molecule has 2 N–H and O–H groups in total.